The minimum atomic E-state index is -1.17. The Morgan fingerprint density at radius 3 is 2.40 bits per heavy atom. The van der Waals surface area contributed by atoms with Crippen molar-refractivity contribution in [3.8, 4) is 17.6 Å². The van der Waals surface area contributed by atoms with E-state index < -0.39 is 83.4 Å². The zero-order chi connectivity index (χ0) is 44.2. The molecule has 5 rings (SSSR count). The van der Waals surface area contributed by atoms with E-state index in [0.29, 0.717) is 5.65 Å². The molecule has 14 heteroatoms. The van der Waals surface area contributed by atoms with Crippen molar-refractivity contribution in [2.45, 2.75) is 98.4 Å². The first-order valence-corrected chi connectivity index (χ1v) is 20.1. The molecule has 0 fully saturated rings. The normalized spacial score (nSPS) is 29.2. The summed E-state index contributed by atoms with van der Waals surface area (Å²) < 4.78 is 19.0. The lowest BCUT2D eigenvalue weighted by Crippen LogP contribution is -2.46. The summed E-state index contributed by atoms with van der Waals surface area (Å²) in [6.07, 6.45) is 6.47. The first-order valence-electron chi connectivity index (χ1n) is 20.1. The first kappa shape index (κ1) is 45.5. The number of aliphatic hydroxyl groups excluding tert-OH is 3. The number of fused-ring (bicyclic) bond motifs is 1. The van der Waals surface area contributed by atoms with Crippen molar-refractivity contribution in [1.29, 1.82) is 0 Å². The predicted octanol–water partition coefficient (Wildman–Crippen LogP) is 4.05. The second-order valence-electron chi connectivity index (χ2n) is 15.9. The number of aromatic hydroxyl groups is 1. The van der Waals surface area contributed by atoms with Crippen LogP contribution < -0.4 is 15.8 Å². The number of anilines is 1. The number of hydrogen-bond donors (Lipinski definition) is 5. The van der Waals surface area contributed by atoms with E-state index >= 15 is 0 Å². The maximum absolute atomic E-state index is 14.6. The third kappa shape index (κ3) is 9.40. The number of nitrogens with zero attached hydrogens (tertiary/aromatic N) is 3. The van der Waals surface area contributed by atoms with Crippen LogP contribution in [0.3, 0.4) is 0 Å². The van der Waals surface area contributed by atoms with Crippen LogP contribution in [0, 0.1) is 35.5 Å². The van der Waals surface area contributed by atoms with Gasteiger partial charge in [0, 0.05) is 86.1 Å². The molecule has 2 bridgehead atoms. The number of phenols is 1. The van der Waals surface area contributed by atoms with E-state index in [1.54, 1.807) is 93.9 Å². The summed E-state index contributed by atoms with van der Waals surface area (Å²) in [6, 6.07) is 3.60. The van der Waals surface area contributed by atoms with Crippen LogP contribution in [0.5, 0.6) is 5.75 Å². The highest BCUT2D eigenvalue weighted by Gasteiger charge is 2.39. The third-order valence-electron chi connectivity index (χ3n) is 11.3. The number of benzene rings is 1. The number of amides is 1. The van der Waals surface area contributed by atoms with Gasteiger partial charge in [-0.15, -0.1) is 0 Å². The molecule has 3 heterocycles. The number of carbonyl (C=O) groups excluding carboxylic acids is 3. The number of rotatable bonds is 5. The van der Waals surface area contributed by atoms with Gasteiger partial charge in [0.25, 0.3) is 5.91 Å². The van der Waals surface area contributed by atoms with Crippen molar-refractivity contribution < 1.29 is 49.0 Å². The summed E-state index contributed by atoms with van der Waals surface area (Å²) in [5.41, 5.74) is 1.67. The predicted molar refractivity (Wildman–Crippen MR) is 230 cm³/mol. The van der Waals surface area contributed by atoms with Gasteiger partial charge in [0.05, 0.1) is 23.5 Å². The average Bonchev–Trinajstić information content (AvgIpc) is 3.51. The largest absolute Gasteiger partial charge is 0.505 e. The molecule has 0 spiro atoms. The number of phenolic OH excluding ortho intramolecular Hbond substituents is 1. The molecule has 60 heavy (non-hydrogen) atoms. The molecule has 1 amide bonds. The van der Waals surface area contributed by atoms with E-state index in [9.17, 15) is 34.8 Å². The van der Waals surface area contributed by atoms with E-state index in [1.807, 2.05) is 13.8 Å². The highest BCUT2D eigenvalue weighted by Crippen LogP contribution is 2.33. The highest BCUT2D eigenvalue weighted by atomic mass is 16.5. The van der Waals surface area contributed by atoms with Gasteiger partial charge in [-0.25, -0.2) is 4.98 Å². The Morgan fingerprint density at radius 1 is 1.03 bits per heavy atom. The molecule has 320 valence electrons. The van der Waals surface area contributed by atoms with Crippen molar-refractivity contribution in [2.75, 3.05) is 19.5 Å². The van der Waals surface area contributed by atoms with Crippen LogP contribution in [0.1, 0.15) is 67.4 Å². The number of aliphatic hydroxyl groups is 3. The monoisotopic (exact) mass is 824 g/mol. The second kappa shape index (κ2) is 19.2. The molecule has 0 saturated carbocycles. The van der Waals surface area contributed by atoms with Gasteiger partial charge >= 0.3 is 5.97 Å². The van der Waals surface area contributed by atoms with Crippen LogP contribution in [0.2, 0.25) is 0 Å². The Labute approximate surface area is 349 Å². The Bertz CT molecular complexity index is 2470. The Balaban J connectivity index is 1.83. The second-order valence-corrected chi connectivity index (χ2v) is 15.9. The molecule has 1 aromatic carbocycles. The molecule has 9 atom stereocenters. The quantitative estimate of drug-likeness (QED) is 0.0818. The summed E-state index contributed by atoms with van der Waals surface area (Å²) in [7, 11) is 2.85. The maximum atomic E-state index is 14.6. The number of Topliss-reactive ketones (excluding diaryl/α,β-unsaturated/α-hetero) is 1. The molecular weight excluding hydrogens is 769 g/mol. The van der Waals surface area contributed by atoms with Crippen LogP contribution in [0.15, 0.2) is 59.3 Å². The van der Waals surface area contributed by atoms with Crippen molar-refractivity contribution in [1.82, 2.24) is 9.38 Å². The van der Waals surface area contributed by atoms with Crippen LogP contribution in [0.4, 0.5) is 5.69 Å². The molecule has 1 unspecified atom stereocenters. The van der Waals surface area contributed by atoms with Crippen LogP contribution in [-0.2, 0) is 28.6 Å². The van der Waals surface area contributed by atoms with Gasteiger partial charge < -0.3 is 40.0 Å². The van der Waals surface area contributed by atoms with E-state index in [2.05, 4.69) is 22.2 Å². The Kier molecular flexibility index (Phi) is 14.6. The van der Waals surface area contributed by atoms with Gasteiger partial charge in [-0.05, 0) is 44.4 Å². The fourth-order valence-corrected chi connectivity index (χ4v) is 7.83. The summed E-state index contributed by atoms with van der Waals surface area (Å²) >= 11 is 0. The third-order valence-corrected chi connectivity index (χ3v) is 11.3. The van der Waals surface area contributed by atoms with Gasteiger partial charge in [-0.1, -0.05) is 64.0 Å². The summed E-state index contributed by atoms with van der Waals surface area (Å²) in [5.74, 6) is 0.335. The van der Waals surface area contributed by atoms with Gasteiger partial charge in [0.1, 0.15) is 34.6 Å². The molecule has 0 radical (unpaired) electrons. The number of esters is 1. The smallest absolute Gasteiger partial charge is 0.302 e. The van der Waals surface area contributed by atoms with E-state index in [1.165, 1.54) is 21.1 Å². The lowest BCUT2D eigenvalue weighted by atomic mass is 9.78. The van der Waals surface area contributed by atoms with Crippen molar-refractivity contribution >= 4 is 57.6 Å². The fraction of sp³-hybridized carbons (Fsp3) is 0.457. The van der Waals surface area contributed by atoms with Crippen molar-refractivity contribution in [2.24, 2.45) is 28.7 Å². The number of allylic oxidation sites excluding steroid dienone is 3. The fourth-order valence-electron chi connectivity index (χ4n) is 7.83. The number of nitrogens with one attached hydrogen (secondary N) is 1. The minimum absolute atomic E-state index is 0.00898. The van der Waals surface area contributed by atoms with Gasteiger partial charge in [0.2, 0.25) is 0 Å². The number of ketones is 1. The van der Waals surface area contributed by atoms with Crippen LogP contribution in [0.25, 0.3) is 28.0 Å². The van der Waals surface area contributed by atoms with E-state index in [-0.39, 0.29) is 50.8 Å². The number of methoxy groups -OCH3 is 2. The molecule has 0 saturated heterocycles. The highest BCUT2D eigenvalue weighted by molar-refractivity contribution is 6.20. The minimum Gasteiger partial charge on any atom is -0.505 e. The lowest BCUT2D eigenvalue weighted by molar-refractivity contribution is -0.160. The topological polar surface area (TPSA) is 202 Å². The summed E-state index contributed by atoms with van der Waals surface area (Å²) in [5, 5.41) is 49.2. The molecule has 14 nitrogen and oxygen atoms in total. The number of hydrogen-bond acceptors (Lipinski definition) is 12. The molecule has 5 N–H and O–H groups in total. The molecular formula is C46H56N4O10. The zero-order valence-electron chi connectivity index (χ0n) is 35.8. The van der Waals surface area contributed by atoms with E-state index in [0.717, 1.165) is 5.56 Å². The average molecular weight is 825 g/mol. The maximum Gasteiger partial charge on any atom is 0.302 e. The number of aromatic nitrogens is 2. The molecule has 2 aliphatic rings. The molecule has 2 aromatic heterocycles. The molecule has 1 aliphatic heterocycles. The van der Waals surface area contributed by atoms with E-state index in [4.69, 9.17) is 19.2 Å². The number of imidazole rings is 1. The van der Waals surface area contributed by atoms with Crippen LogP contribution >= 0.6 is 0 Å². The number of pyridine rings is 1. The van der Waals surface area contributed by atoms with Gasteiger partial charge in [0.15, 0.2) is 17.3 Å². The SMILES string of the molecule is COC1C#CC(O)=c2c(O)c3c4c(nc5cc(/C=N/C(C)C)ccn54)c2=C1C(=O)C/C=C/[C@H](OC)[C@@H](C)[C@@H](OC(C)=O)[C@H](C)[C@H](O)[C@H](C)[C@@H](O)[C@@H](C)/C=C/C=C(/C)C(=O)N3. The number of ether oxygens (including phenoxy) is 3. The summed E-state index contributed by atoms with van der Waals surface area (Å²) in [4.78, 5) is 50.3. The zero-order valence-corrected chi connectivity index (χ0v) is 35.8. The number of carbonyl (C=O) groups is 3. The van der Waals surface area contributed by atoms with Crippen molar-refractivity contribution in [3.63, 3.8) is 0 Å². The Morgan fingerprint density at radius 2 is 1.75 bits per heavy atom. The van der Waals surface area contributed by atoms with Gasteiger partial charge in [-0.3, -0.25) is 23.8 Å². The summed E-state index contributed by atoms with van der Waals surface area (Å²) in [6.45, 7) is 13.8. The van der Waals surface area contributed by atoms with Crippen LogP contribution in [-0.4, -0.2) is 104 Å². The first-order chi connectivity index (χ1) is 28.4. The number of aliphatic imine (C=N–C) groups is 1. The molecule has 3 aromatic rings. The lowest BCUT2D eigenvalue weighted by Gasteiger charge is -2.38. The Hall–Kier alpha value is -5.59. The van der Waals surface area contributed by atoms with Gasteiger partial charge in [-0.2, -0.15) is 0 Å². The van der Waals surface area contributed by atoms with Crippen molar-refractivity contribution in [3.05, 3.63) is 70.3 Å². The molecule has 1 aliphatic carbocycles. The standard InChI is InChI=1S/C46H56N4O10/c1-23(2)47-22-30-19-20-50-35(21-30)48-39-38-36-31(52)15-12-16-33(58-9)26(5)45(60-29(8)51)28(7)43(55)27(6)42(54)24(3)13-11-14-25(4)46(57)49-40(41(39)50)44(56)37(38)32(53)17-18-34(36)59-10/h11-14,16,19-24,26-28,33-34,42-43,45,53-56H,15H2,1-10H3,(H,49,57)/b13-11+,16-12+,25-14-,47-22+/t24-,26+,27+,28+,33-,34?,42-,43+,45+/m0/s1.